The van der Waals surface area contributed by atoms with Crippen molar-refractivity contribution < 1.29 is 4.79 Å². The largest absolute Gasteiger partial charge is 0.369 e. The Balaban J connectivity index is 2.24. The van der Waals surface area contributed by atoms with Crippen LogP contribution in [0.1, 0.15) is 24.6 Å². The highest BCUT2D eigenvalue weighted by atomic mass is 16.1. The third kappa shape index (κ3) is 1.41. The zero-order chi connectivity index (χ0) is 10.1. The molecule has 1 aliphatic carbocycles. The van der Waals surface area contributed by atoms with E-state index in [1.54, 1.807) is 0 Å². The Morgan fingerprint density at radius 3 is 3.21 bits per heavy atom. The van der Waals surface area contributed by atoms with Gasteiger partial charge in [0.15, 0.2) is 0 Å². The average Bonchev–Trinajstić information content (AvgIpc) is 2.59. The second kappa shape index (κ2) is 3.44. The van der Waals surface area contributed by atoms with Crippen molar-refractivity contribution in [3.05, 3.63) is 17.5 Å². The van der Waals surface area contributed by atoms with E-state index in [1.807, 2.05) is 10.9 Å². The Bertz CT molecular complexity index is 356. The molecular weight excluding hydrogens is 178 g/mol. The van der Waals surface area contributed by atoms with E-state index in [4.69, 9.17) is 5.73 Å². The average molecular weight is 193 g/mol. The Morgan fingerprint density at radius 1 is 1.79 bits per heavy atom. The normalized spacial score (nSPS) is 20.5. The number of carbonyl (C=O) groups excluding carboxylic acids is 1. The topological polar surface area (TPSA) is 60.9 Å². The van der Waals surface area contributed by atoms with Crippen LogP contribution in [0.2, 0.25) is 0 Å². The van der Waals surface area contributed by atoms with Crippen LogP contribution in [0, 0.1) is 5.92 Å². The van der Waals surface area contributed by atoms with Gasteiger partial charge < -0.3 is 5.73 Å². The van der Waals surface area contributed by atoms with Crippen LogP contribution in [0.3, 0.4) is 0 Å². The minimum absolute atomic E-state index is 0.0111. The van der Waals surface area contributed by atoms with E-state index < -0.39 is 0 Å². The summed E-state index contributed by atoms with van der Waals surface area (Å²) in [6.45, 7) is 2.98. The molecule has 0 saturated carbocycles. The molecule has 1 atom stereocenters. The van der Waals surface area contributed by atoms with Gasteiger partial charge in [-0.15, -0.1) is 0 Å². The molecule has 0 bridgehead atoms. The molecule has 1 aromatic rings. The number of aromatic nitrogens is 2. The first kappa shape index (κ1) is 9.24. The van der Waals surface area contributed by atoms with E-state index >= 15 is 0 Å². The summed E-state index contributed by atoms with van der Waals surface area (Å²) in [5, 5.41) is 4.27. The lowest BCUT2D eigenvalue weighted by Crippen LogP contribution is -2.28. The van der Waals surface area contributed by atoms with Crippen LogP contribution in [-0.2, 0) is 24.2 Å². The second-order valence-corrected chi connectivity index (χ2v) is 3.77. The van der Waals surface area contributed by atoms with Crippen LogP contribution in [0.25, 0.3) is 0 Å². The zero-order valence-corrected chi connectivity index (χ0v) is 8.36. The van der Waals surface area contributed by atoms with Crippen LogP contribution < -0.4 is 5.73 Å². The molecule has 1 heterocycles. The molecule has 0 radical (unpaired) electrons. The fraction of sp³-hybridized carbons (Fsp3) is 0.600. The van der Waals surface area contributed by atoms with E-state index in [1.165, 1.54) is 11.3 Å². The van der Waals surface area contributed by atoms with Crippen LogP contribution in [0.5, 0.6) is 0 Å². The molecule has 0 aliphatic heterocycles. The van der Waals surface area contributed by atoms with Crippen molar-refractivity contribution in [2.24, 2.45) is 11.7 Å². The van der Waals surface area contributed by atoms with Crippen molar-refractivity contribution in [1.82, 2.24) is 9.78 Å². The SMILES string of the molecule is CCn1ncc2c1CC[C@@H](C(N)=O)C2. The molecule has 1 aliphatic rings. The first-order chi connectivity index (χ1) is 6.72. The van der Waals surface area contributed by atoms with E-state index in [9.17, 15) is 4.79 Å². The van der Waals surface area contributed by atoms with Gasteiger partial charge in [0.25, 0.3) is 0 Å². The minimum atomic E-state index is -0.181. The highest BCUT2D eigenvalue weighted by molar-refractivity contribution is 5.77. The number of fused-ring (bicyclic) bond motifs is 1. The molecule has 4 heteroatoms. The summed E-state index contributed by atoms with van der Waals surface area (Å²) in [4.78, 5) is 11.0. The molecule has 0 saturated heterocycles. The first-order valence-electron chi connectivity index (χ1n) is 5.05. The number of amides is 1. The molecule has 14 heavy (non-hydrogen) atoms. The number of aryl methyl sites for hydroxylation is 1. The third-order valence-corrected chi connectivity index (χ3v) is 2.93. The highest BCUT2D eigenvalue weighted by Gasteiger charge is 2.25. The summed E-state index contributed by atoms with van der Waals surface area (Å²) in [6, 6.07) is 0. The fourth-order valence-electron chi connectivity index (χ4n) is 2.10. The van der Waals surface area contributed by atoms with Crippen molar-refractivity contribution in [3.8, 4) is 0 Å². The van der Waals surface area contributed by atoms with Crippen molar-refractivity contribution in [2.45, 2.75) is 32.7 Å². The monoisotopic (exact) mass is 193 g/mol. The van der Waals surface area contributed by atoms with Gasteiger partial charge in [0.05, 0.1) is 6.20 Å². The van der Waals surface area contributed by atoms with Crippen molar-refractivity contribution in [3.63, 3.8) is 0 Å². The van der Waals surface area contributed by atoms with Gasteiger partial charge in [-0.05, 0) is 31.7 Å². The first-order valence-corrected chi connectivity index (χ1v) is 5.05. The van der Waals surface area contributed by atoms with Crippen molar-refractivity contribution in [2.75, 3.05) is 0 Å². The maximum atomic E-state index is 11.0. The third-order valence-electron chi connectivity index (χ3n) is 2.93. The molecule has 1 aromatic heterocycles. The predicted octanol–water partition coefficient (Wildman–Crippen LogP) is 0.493. The maximum absolute atomic E-state index is 11.0. The lowest BCUT2D eigenvalue weighted by molar-refractivity contribution is -0.122. The van der Waals surface area contributed by atoms with Gasteiger partial charge in [-0.2, -0.15) is 5.10 Å². The smallest absolute Gasteiger partial charge is 0.220 e. The number of nitrogens with two attached hydrogens (primary N) is 1. The van der Waals surface area contributed by atoms with Gasteiger partial charge >= 0.3 is 0 Å². The number of hydrogen-bond donors (Lipinski definition) is 1. The minimum Gasteiger partial charge on any atom is -0.369 e. The molecule has 0 spiro atoms. The standard InChI is InChI=1S/C10H15N3O/c1-2-13-9-4-3-7(10(11)14)5-8(9)6-12-13/h6-7H,2-5H2,1H3,(H2,11,14)/t7-/m1/s1. The quantitative estimate of drug-likeness (QED) is 0.743. The second-order valence-electron chi connectivity index (χ2n) is 3.77. The summed E-state index contributed by atoms with van der Waals surface area (Å²) < 4.78 is 2.01. The van der Waals surface area contributed by atoms with Crippen LogP contribution in [-0.4, -0.2) is 15.7 Å². The summed E-state index contributed by atoms with van der Waals surface area (Å²) in [6.07, 6.45) is 4.43. The van der Waals surface area contributed by atoms with Crippen molar-refractivity contribution >= 4 is 5.91 Å². The Morgan fingerprint density at radius 2 is 2.57 bits per heavy atom. The lowest BCUT2D eigenvalue weighted by atomic mass is 9.87. The van der Waals surface area contributed by atoms with Gasteiger partial charge in [-0.25, -0.2) is 0 Å². The molecule has 2 rings (SSSR count). The molecule has 1 amide bonds. The van der Waals surface area contributed by atoms with E-state index in [2.05, 4.69) is 12.0 Å². The van der Waals surface area contributed by atoms with E-state index in [-0.39, 0.29) is 11.8 Å². The molecule has 0 fully saturated rings. The number of rotatable bonds is 2. The van der Waals surface area contributed by atoms with Gasteiger partial charge in [-0.1, -0.05) is 0 Å². The van der Waals surface area contributed by atoms with Gasteiger partial charge in [0.2, 0.25) is 5.91 Å². The molecule has 2 N–H and O–H groups in total. The number of primary amides is 1. The van der Waals surface area contributed by atoms with E-state index in [0.29, 0.717) is 0 Å². The Kier molecular flexibility index (Phi) is 2.27. The summed E-state index contributed by atoms with van der Waals surface area (Å²) >= 11 is 0. The highest BCUT2D eigenvalue weighted by Crippen LogP contribution is 2.24. The molecule has 76 valence electrons. The fourth-order valence-corrected chi connectivity index (χ4v) is 2.10. The van der Waals surface area contributed by atoms with Gasteiger partial charge in [0, 0.05) is 18.2 Å². The lowest BCUT2D eigenvalue weighted by Gasteiger charge is -2.19. The van der Waals surface area contributed by atoms with Crippen LogP contribution in [0.15, 0.2) is 6.20 Å². The van der Waals surface area contributed by atoms with Gasteiger partial charge in [-0.3, -0.25) is 9.48 Å². The van der Waals surface area contributed by atoms with E-state index in [0.717, 1.165) is 25.8 Å². The Hall–Kier alpha value is -1.32. The number of nitrogens with zero attached hydrogens (tertiary/aromatic N) is 2. The van der Waals surface area contributed by atoms with Gasteiger partial charge in [0.1, 0.15) is 0 Å². The number of hydrogen-bond acceptors (Lipinski definition) is 2. The van der Waals surface area contributed by atoms with Crippen molar-refractivity contribution in [1.29, 1.82) is 0 Å². The Labute approximate surface area is 83.1 Å². The van der Waals surface area contributed by atoms with Crippen LogP contribution >= 0.6 is 0 Å². The van der Waals surface area contributed by atoms with Crippen LogP contribution in [0.4, 0.5) is 0 Å². The molecule has 4 nitrogen and oxygen atoms in total. The summed E-state index contributed by atoms with van der Waals surface area (Å²) in [5.74, 6) is -0.170. The summed E-state index contributed by atoms with van der Waals surface area (Å²) in [7, 11) is 0. The zero-order valence-electron chi connectivity index (χ0n) is 8.36. The number of carbonyl (C=O) groups is 1. The maximum Gasteiger partial charge on any atom is 0.220 e. The summed E-state index contributed by atoms with van der Waals surface area (Å²) in [5.41, 5.74) is 7.78. The molecule has 0 unspecified atom stereocenters. The molecular formula is C10H15N3O. The predicted molar refractivity (Wildman–Crippen MR) is 52.6 cm³/mol. The molecule has 0 aromatic carbocycles.